The molecule has 1 amide bonds. The third-order valence-electron chi connectivity index (χ3n) is 2.61. The average molecular weight is 251 g/mol. The predicted molar refractivity (Wildman–Crippen MR) is 60.6 cm³/mol. The molecule has 2 rings (SSSR count). The first-order valence-electron chi connectivity index (χ1n) is 5.48. The van der Waals surface area contributed by atoms with Gasteiger partial charge in [-0.3, -0.25) is 10.1 Å². The van der Waals surface area contributed by atoms with Gasteiger partial charge in [0, 0.05) is 0 Å². The standard InChI is InChI=1S/C12H13NO5/c14-11(15)9-7-17-10(9)13-12(16)18-6-8-4-2-1-3-5-8/h1-5,9-10H,6-7H2,(H,13,16)(H,14,15). The zero-order chi connectivity index (χ0) is 13.0. The summed E-state index contributed by atoms with van der Waals surface area (Å²) in [6, 6.07) is 9.20. The SMILES string of the molecule is O=C(NC1OCC1C(=O)O)OCc1ccccc1. The minimum Gasteiger partial charge on any atom is -0.481 e. The van der Waals surface area contributed by atoms with Crippen molar-refractivity contribution in [2.75, 3.05) is 6.61 Å². The van der Waals surface area contributed by atoms with Gasteiger partial charge in [-0.15, -0.1) is 0 Å². The molecule has 1 aliphatic heterocycles. The Morgan fingerprint density at radius 1 is 1.39 bits per heavy atom. The minimum atomic E-state index is -0.991. The van der Waals surface area contributed by atoms with Crippen LogP contribution in [-0.4, -0.2) is 30.0 Å². The van der Waals surface area contributed by atoms with Crippen LogP contribution in [0.4, 0.5) is 4.79 Å². The van der Waals surface area contributed by atoms with E-state index in [1.54, 1.807) is 0 Å². The van der Waals surface area contributed by atoms with E-state index in [1.807, 2.05) is 30.3 Å². The predicted octanol–water partition coefficient (Wildman–Crippen LogP) is 0.970. The third-order valence-corrected chi connectivity index (χ3v) is 2.61. The molecule has 2 N–H and O–H groups in total. The fourth-order valence-electron chi connectivity index (χ4n) is 1.51. The molecule has 1 aliphatic rings. The van der Waals surface area contributed by atoms with Crippen molar-refractivity contribution in [3.63, 3.8) is 0 Å². The van der Waals surface area contributed by atoms with E-state index in [0.29, 0.717) is 0 Å². The zero-order valence-corrected chi connectivity index (χ0v) is 9.54. The van der Waals surface area contributed by atoms with Crippen LogP contribution in [0.3, 0.4) is 0 Å². The highest BCUT2D eigenvalue weighted by Crippen LogP contribution is 2.18. The highest BCUT2D eigenvalue weighted by atomic mass is 16.6. The second-order valence-electron chi connectivity index (χ2n) is 3.90. The fourth-order valence-corrected chi connectivity index (χ4v) is 1.51. The van der Waals surface area contributed by atoms with Gasteiger partial charge >= 0.3 is 12.1 Å². The van der Waals surface area contributed by atoms with Crippen molar-refractivity contribution in [2.45, 2.75) is 12.8 Å². The van der Waals surface area contributed by atoms with Gasteiger partial charge in [-0.1, -0.05) is 30.3 Å². The molecule has 0 spiro atoms. The molecule has 2 atom stereocenters. The number of carbonyl (C=O) groups is 2. The maximum absolute atomic E-state index is 11.4. The summed E-state index contributed by atoms with van der Waals surface area (Å²) >= 11 is 0. The number of carbonyl (C=O) groups excluding carboxylic acids is 1. The first kappa shape index (κ1) is 12.4. The van der Waals surface area contributed by atoms with E-state index in [4.69, 9.17) is 14.6 Å². The Labute approximate surface area is 104 Å². The van der Waals surface area contributed by atoms with Crippen molar-refractivity contribution in [1.29, 1.82) is 0 Å². The average Bonchev–Trinajstić information content (AvgIpc) is 2.32. The molecule has 96 valence electrons. The molecule has 6 heteroatoms. The summed E-state index contributed by atoms with van der Waals surface area (Å²) in [6.07, 6.45) is -1.49. The van der Waals surface area contributed by atoms with Gasteiger partial charge in [0.05, 0.1) is 6.61 Å². The quantitative estimate of drug-likeness (QED) is 0.832. The van der Waals surface area contributed by atoms with Gasteiger partial charge in [0.2, 0.25) is 0 Å². The molecule has 6 nitrogen and oxygen atoms in total. The molecule has 0 saturated carbocycles. The van der Waals surface area contributed by atoms with E-state index in [9.17, 15) is 9.59 Å². The van der Waals surface area contributed by atoms with Crippen LogP contribution in [0, 0.1) is 5.92 Å². The van der Waals surface area contributed by atoms with Crippen LogP contribution in [0.25, 0.3) is 0 Å². The van der Waals surface area contributed by atoms with E-state index in [0.717, 1.165) is 5.56 Å². The number of rotatable bonds is 4. The van der Waals surface area contributed by atoms with Gasteiger partial charge in [0.15, 0.2) is 0 Å². The molecule has 2 unspecified atom stereocenters. The number of hydrogen-bond donors (Lipinski definition) is 2. The van der Waals surface area contributed by atoms with Gasteiger partial charge < -0.3 is 14.6 Å². The van der Waals surface area contributed by atoms with E-state index < -0.39 is 24.2 Å². The zero-order valence-electron chi connectivity index (χ0n) is 9.54. The second-order valence-corrected chi connectivity index (χ2v) is 3.90. The number of benzene rings is 1. The summed E-state index contributed by atoms with van der Waals surface area (Å²) in [5.41, 5.74) is 0.858. The lowest BCUT2D eigenvalue weighted by molar-refractivity contribution is -0.176. The van der Waals surface area contributed by atoms with Crippen molar-refractivity contribution in [3.05, 3.63) is 35.9 Å². The van der Waals surface area contributed by atoms with Crippen molar-refractivity contribution in [3.8, 4) is 0 Å². The first-order valence-corrected chi connectivity index (χ1v) is 5.48. The van der Waals surface area contributed by atoms with Gasteiger partial charge in [-0.05, 0) is 5.56 Å². The minimum absolute atomic E-state index is 0.110. The topological polar surface area (TPSA) is 84.9 Å². The van der Waals surface area contributed by atoms with Gasteiger partial charge in [0.1, 0.15) is 18.8 Å². The maximum atomic E-state index is 11.4. The molecule has 1 aromatic carbocycles. The molecule has 0 bridgehead atoms. The lowest BCUT2D eigenvalue weighted by atomic mass is 10.1. The summed E-state index contributed by atoms with van der Waals surface area (Å²) in [5, 5.41) is 11.1. The van der Waals surface area contributed by atoms with E-state index in [-0.39, 0.29) is 13.2 Å². The molecule has 1 saturated heterocycles. The number of ether oxygens (including phenoxy) is 2. The monoisotopic (exact) mass is 251 g/mol. The Kier molecular flexibility index (Phi) is 3.78. The molecule has 1 aromatic rings. The Bertz CT molecular complexity index is 433. The molecule has 0 radical (unpaired) electrons. The third kappa shape index (κ3) is 2.98. The Hall–Kier alpha value is -2.08. The molecule has 0 aromatic heterocycles. The van der Waals surface area contributed by atoms with Crippen molar-refractivity contribution in [1.82, 2.24) is 5.32 Å². The lowest BCUT2D eigenvalue weighted by Gasteiger charge is -2.33. The van der Waals surface area contributed by atoms with Crippen molar-refractivity contribution < 1.29 is 24.2 Å². The van der Waals surface area contributed by atoms with Crippen molar-refractivity contribution in [2.24, 2.45) is 5.92 Å². The van der Waals surface area contributed by atoms with Gasteiger partial charge in [0.25, 0.3) is 0 Å². The summed E-state index contributed by atoms with van der Waals surface area (Å²) < 4.78 is 9.87. The highest BCUT2D eigenvalue weighted by molar-refractivity contribution is 5.74. The normalized spacial score (nSPS) is 21.8. The number of carboxylic acids is 1. The van der Waals surface area contributed by atoms with E-state index in [1.165, 1.54) is 0 Å². The number of alkyl carbamates (subject to hydrolysis) is 1. The summed E-state index contributed by atoms with van der Waals surface area (Å²) in [6.45, 7) is 0.246. The van der Waals surface area contributed by atoms with Crippen LogP contribution in [0.2, 0.25) is 0 Å². The van der Waals surface area contributed by atoms with E-state index in [2.05, 4.69) is 5.32 Å². The molecular formula is C12H13NO5. The summed E-state index contributed by atoms with van der Waals surface area (Å²) in [5.74, 6) is -1.69. The molecule has 18 heavy (non-hydrogen) atoms. The molecule has 0 aliphatic carbocycles. The van der Waals surface area contributed by atoms with Gasteiger partial charge in [-0.25, -0.2) is 4.79 Å². The van der Waals surface area contributed by atoms with Crippen LogP contribution in [0.1, 0.15) is 5.56 Å². The second kappa shape index (κ2) is 5.50. The number of aliphatic carboxylic acids is 1. The summed E-state index contributed by atoms with van der Waals surface area (Å²) in [7, 11) is 0. The molecular weight excluding hydrogens is 238 g/mol. The Morgan fingerprint density at radius 3 is 2.67 bits per heavy atom. The lowest BCUT2D eigenvalue weighted by Crippen LogP contribution is -2.55. The Balaban J connectivity index is 1.74. The number of carboxylic acid groups (broad SMARTS) is 1. The smallest absolute Gasteiger partial charge is 0.409 e. The Morgan fingerprint density at radius 2 is 2.11 bits per heavy atom. The van der Waals surface area contributed by atoms with Crippen LogP contribution in [0.15, 0.2) is 30.3 Å². The molecule has 1 heterocycles. The van der Waals surface area contributed by atoms with Crippen LogP contribution < -0.4 is 5.32 Å². The van der Waals surface area contributed by atoms with Crippen molar-refractivity contribution >= 4 is 12.1 Å². The number of amides is 1. The van der Waals surface area contributed by atoms with Gasteiger partial charge in [-0.2, -0.15) is 0 Å². The first-order chi connectivity index (χ1) is 8.66. The van der Waals surface area contributed by atoms with Crippen LogP contribution in [0.5, 0.6) is 0 Å². The number of nitrogens with one attached hydrogen (secondary N) is 1. The van der Waals surface area contributed by atoms with Crippen LogP contribution in [-0.2, 0) is 20.9 Å². The maximum Gasteiger partial charge on any atom is 0.409 e. The largest absolute Gasteiger partial charge is 0.481 e. The highest BCUT2D eigenvalue weighted by Gasteiger charge is 2.39. The van der Waals surface area contributed by atoms with Crippen LogP contribution >= 0.6 is 0 Å². The number of hydrogen-bond acceptors (Lipinski definition) is 4. The fraction of sp³-hybridized carbons (Fsp3) is 0.333. The van der Waals surface area contributed by atoms with E-state index >= 15 is 0 Å². The molecule has 1 fully saturated rings. The summed E-state index contributed by atoms with van der Waals surface area (Å²) in [4.78, 5) is 22.1.